The SMILES string of the molecule is CCCn1nc(C)c([N+](=O)[O-])c1NCCCNCC. The van der Waals surface area contributed by atoms with Crippen molar-refractivity contribution < 1.29 is 4.92 Å². The average Bonchev–Trinajstić information content (AvgIpc) is 2.66. The van der Waals surface area contributed by atoms with Gasteiger partial charge in [0, 0.05) is 13.1 Å². The van der Waals surface area contributed by atoms with E-state index < -0.39 is 0 Å². The van der Waals surface area contributed by atoms with Crippen LogP contribution in [0.25, 0.3) is 0 Å². The lowest BCUT2D eigenvalue weighted by Gasteiger charge is -2.08. The molecule has 0 saturated carbocycles. The molecule has 0 atom stereocenters. The fourth-order valence-electron chi connectivity index (χ4n) is 1.94. The third-order valence-electron chi connectivity index (χ3n) is 2.79. The zero-order valence-electron chi connectivity index (χ0n) is 11.9. The largest absolute Gasteiger partial charge is 0.364 e. The highest BCUT2D eigenvalue weighted by Crippen LogP contribution is 2.28. The van der Waals surface area contributed by atoms with Gasteiger partial charge in [0.15, 0.2) is 0 Å². The Morgan fingerprint density at radius 1 is 1.37 bits per heavy atom. The van der Waals surface area contributed by atoms with Crippen LogP contribution in [-0.2, 0) is 6.54 Å². The van der Waals surface area contributed by atoms with Crippen molar-refractivity contribution in [2.24, 2.45) is 0 Å². The van der Waals surface area contributed by atoms with Gasteiger partial charge in [0.25, 0.3) is 0 Å². The molecule has 0 radical (unpaired) electrons. The maximum absolute atomic E-state index is 11.1. The molecule has 0 bridgehead atoms. The molecule has 1 rings (SSSR count). The molecule has 1 aromatic heterocycles. The smallest absolute Gasteiger partial charge is 0.333 e. The molecule has 0 saturated heterocycles. The second kappa shape index (κ2) is 7.73. The number of rotatable bonds is 9. The molecule has 108 valence electrons. The van der Waals surface area contributed by atoms with Crippen LogP contribution in [0.2, 0.25) is 0 Å². The van der Waals surface area contributed by atoms with Crippen molar-refractivity contribution in [3.63, 3.8) is 0 Å². The van der Waals surface area contributed by atoms with E-state index in [2.05, 4.69) is 22.7 Å². The molecule has 1 aromatic rings. The van der Waals surface area contributed by atoms with Crippen LogP contribution in [0, 0.1) is 17.0 Å². The first-order valence-electron chi connectivity index (χ1n) is 6.78. The Morgan fingerprint density at radius 3 is 2.68 bits per heavy atom. The van der Waals surface area contributed by atoms with Gasteiger partial charge < -0.3 is 10.6 Å². The molecule has 0 aliphatic carbocycles. The molecule has 7 nitrogen and oxygen atoms in total. The van der Waals surface area contributed by atoms with Gasteiger partial charge in [-0.3, -0.25) is 10.1 Å². The molecule has 0 aliphatic heterocycles. The van der Waals surface area contributed by atoms with Crippen LogP contribution >= 0.6 is 0 Å². The molecule has 19 heavy (non-hydrogen) atoms. The van der Waals surface area contributed by atoms with Crippen LogP contribution < -0.4 is 10.6 Å². The third kappa shape index (κ3) is 4.20. The first-order valence-corrected chi connectivity index (χ1v) is 6.78. The van der Waals surface area contributed by atoms with Crippen molar-refractivity contribution >= 4 is 11.5 Å². The summed E-state index contributed by atoms with van der Waals surface area (Å²) in [5, 5.41) is 21.7. The summed E-state index contributed by atoms with van der Waals surface area (Å²) in [5.41, 5.74) is 0.560. The zero-order valence-corrected chi connectivity index (χ0v) is 11.9. The van der Waals surface area contributed by atoms with Crippen LogP contribution in [0.5, 0.6) is 0 Å². The summed E-state index contributed by atoms with van der Waals surface area (Å²) in [6.07, 6.45) is 1.81. The van der Waals surface area contributed by atoms with E-state index in [-0.39, 0.29) is 10.6 Å². The molecule has 0 unspecified atom stereocenters. The van der Waals surface area contributed by atoms with Crippen molar-refractivity contribution in [3.8, 4) is 0 Å². The van der Waals surface area contributed by atoms with Gasteiger partial charge in [0.05, 0.1) is 4.92 Å². The number of aryl methyl sites for hydroxylation is 2. The average molecular weight is 269 g/mol. The Balaban J connectivity index is 2.74. The molecule has 0 aromatic carbocycles. The minimum atomic E-state index is -0.360. The summed E-state index contributed by atoms with van der Waals surface area (Å²) < 4.78 is 1.70. The van der Waals surface area contributed by atoms with E-state index in [1.54, 1.807) is 11.6 Å². The van der Waals surface area contributed by atoms with Gasteiger partial charge in [0.1, 0.15) is 5.69 Å². The fourth-order valence-corrected chi connectivity index (χ4v) is 1.94. The number of nitrogens with one attached hydrogen (secondary N) is 2. The van der Waals surface area contributed by atoms with Crippen LogP contribution in [0.3, 0.4) is 0 Å². The quantitative estimate of drug-likeness (QED) is 0.406. The van der Waals surface area contributed by atoms with Gasteiger partial charge in [-0.05, 0) is 32.9 Å². The van der Waals surface area contributed by atoms with E-state index in [0.717, 1.165) is 25.9 Å². The second-order valence-corrected chi connectivity index (χ2v) is 4.40. The normalized spacial score (nSPS) is 10.7. The van der Waals surface area contributed by atoms with Crippen molar-refractivity contribution in [2.45, 2.75) is 40.2 Å². The topological polar surface area (TPSA) is 85.0 Å². The van der Waals surface area contributed by atoms with E-state index in [0.29, 0.717) is 24.6 Å². The first kappa shape index (κ1) is 15.4. The molecule has 1 heterocycles. The Bertz CT molecular complexity index is 416. The predicted molar refractivity (Wildman–Crippen MR) is 75.6 cm³/mol. The number of nitro groups is 1. The van der Waals surface area contributed by atoms with Gasteiger partial charge in [-0.15, -0.1) is 0 Å². The molecular formula is C12H23N5O2. The number of hydrogen-bond acceptors (Lipinski definition) is 5. The molecule has 2 N–H and O–H groups in total. The molecule has 0 spiro atoms. The van der Waals surface area contributed by atoms with Crippen LogP contribution in [0.15, 0.2) is 0 Å². The van der Waals surface area contributed by atoms with Crippen molar-refractivity contribution in [2.75, 3.05) is 25.0 Å². The Labute approximate surface area is 113 Å². The van der Waals surface area contributed by atoms with Gasteiger partial charge in [-0.25, -0.2) is 4.68 Å². The lowest BCUT2D eigenvalue weighted by Crippen LogP contribution is -2.18. The maximum Gasteiger partial charge on any atom is 0.333 e. The van der Waals surface area contributed by atoms with Gasteiger partial charge in [-0.1, -0.05) is 13.8 Å². The molecule has 0 aliphatic rings. The second-order valence-electron chi connectivity index (χ2n) is 4.40. The highest BCUT2D eigenvalue weighted by Gasteiger charge is 2.24. The monoisotopic (exact) mass is 269 g/mol. The van der Waals surface area contributed by atoms with Gasteiger partial charge in [0.2, 0.25) is 5.82 Å². The molecule has 7 heteroatoms. The zero-order chi connectivity index (χ0) is 14.3. The number of aromatic nitrogens is 2. The van der Waals surface area contributed by atoms with E-state index in [1.165, 1.54) is 0 Å². The third-order valence-corrected chi connectivity index (χ3v) is 2.79. The Hall–Kier alpha value is -1.63. The summed E-state index contributed by atoms with van der Waals surface area (Å²) in [4.78, 5) is 10.7. The lowest BCUT2D eigenvalue weighted by molar-refractivity contribution is -0.384. The minimum Gasteiger partial charge on any atom is -0.364 e. The van der Waals surface area contributed by atoms with Crippen molar-refractivity contribution in [1.82, 2.24) is 15.1 Å². The molecule has 0 fully saturated rings. The molecule has 0 amide bonds. The predicted octanol–water partition coefficient (Wildman–Crippen LogP) is 1.92. The molecular weight excluding hydrogens is 246 g/mol. The Morgan fingerprint density at radius 2 is 2.11 bits per heavy atom. The minimum absolute atomic E-state index is 0.0944. The summed E-state index contributed by atoms with van der Waals surface area (Å²) in [7, 11) is 0. The Kier molecular flexibility index (Phi) is 6.27. The van der Waals surface area contributed by atoms with E-state index in [1.807, 2.05) is 6.92 Å². The van der Waals surface area contributed by atoms with E-state index >= 15 is 0 Å². The van der Waals surface area contributed by atoms with Crippen LogP contribution in [0.4, 0.5) is 11.5 Å². The number of hydrogen-bond donors (Lipinski definition) is 2. The summed E-state index contributed by atoms with van der Waals surface area (Å²) in [6, 6.07) is 0. The number of nitrogens with zero attached hydrogens (tertiary/aromatic N) is 3. The summed E-state index contributed by atoms with van der Waals surface area (Å²) in [6.45, 7) is 8.97. The highest BCUT2D eigenvalue weighted by molar-refractivity contribution is 5.59. The van der Waals surface area contributed by atoms with E-state index in [9.17, 15) is 10.1 Å². The van der Waals surface area contributed by atoms with Crippen LogP contribution in [-0.4, -0.2) is 34.3 Å². The fraction of sp³-hybridized carbons (Fsp3) is 0.750. The van der Waals surface area contributed by atoms with E-state index in [4.69, 9.17) is 0 Å². The summed E-state index contributed by atoms with van der Waals surface area (Å²) >= 11 is 0. The lowest BCUT2D eigenvalue weighted by atomic mass is 10.3. The first-order chi connectivity index (χ1) is 9.11. The summed E-state index contributed by atoms with van der Waals surface area (Å²) in [5.74, 6) is 0.529. The van der Waals surface area contributed by atoms with Gasteiger partial charge >= 0.3 is 5.69 Å². The number of anilines is 1. The maximum atomic E-state index is 11.1. The van der Waals surface area contributed by atoms with Crippen LogP contribution in [0.1, 0.15) is 32.4 Å². The van der Waals surface area contributed by atoms with Crippen molar-refractivity contribution in [1.29, 1.82) is 0 Å². The highest BCUT2D eigenvalue weighted by atomic mass is 16.6. The standard InChI is InChI=1S/C12H23N5O2/c1-4-9-16-12(14-8-6-7-13-5-2)11(17(18)19)10(3)15-16/h13-14H,4-9H2,1-3H3. The van der Waals surface area contributed by atoms with Gasteiger partial charge in [-0.2, -0.15) is 5.10 Å². The van der Waals surface area contributed by atoms with Crippen molar-refractivity contribution in [3.05, 3.63) is 15.8 Å².